The zero-order valence-electron chi connectivity index (χ0n) is 9.11. The smallest absolute Gasteiger partial charge is 0.161 e. The molecule has 0 unspecified atom stereocenters. The van der Waals surface area contributed by atoms with Gasteiger partial charge in [-0.15, -0.1) is 0 Å². The summed E-state index contributed by atoms with van der Waals surface area (Å²) in [5, 5.41) is 0. The molecular formula is C11H15F3O. The van der Waals surface area contributed by atoms with Gasteiger partial charge in [0, 0.05) is 18.2 Å². The minimum Gasteiger partial charge on any atom is -0.377 e. The topological polar surface area (TPSA) is 9.23 Å². The van der Waals surface area contributed by atoms with Crippen molar-refractivity contribution in [1.82, 2.24) is 0 Å². The molecule has 0 saturated heterocycles. The molecule has 0 aliphatic carbocycles. The molecule has 0 aromatic heterocycles. The second-order valence-electron chi connectivity index (χ2n) is 2.49. The van der Waals surface area contributed by atoms with Gasteiger partial charge in [-0.1, -0.05) is 13.8 Å². The highest BCUT2D eigenvalue weighted by Gasteiger charge is 2.08. The van der Waals surface area contributed by atoms with Crippen LogP contribution in [-0.2, 0) is 11.3 Å². The minimum atomic E-state index is -1.18. The van der Waals surface area contributed by atoms with E-state index in [4.69, 9.17) is 4.74 Å². The van der Waals surface area contributed by atoms with E-state index in [1.807, 2.05) is 13.8 Å². The summed E-state index contributed by atoms with van der Waals surface area (Å²) in [7, 11) is 0. The lowest BCUT2D eigenvalue weighted by Crippen LogP contribution is -1.98. The summed E-state index contributed by atoms with van der Waals surface area (Å²) >= 11 is 0. The summed E-state index contributed by atoms with van der Waals surface area (Å²) in [6, 6.07) is 1.32. The maximum atomic E-state index is 12.9. The minimum absolute atomic E-state index is 0.0285. The Morgan fingerprint density at radius 3 is 2.07 bits per heavy atom. The summed E-state index contributed by atoms with van der Waals surface area (Å²) < 4.78 is 42.7. The molecule has 0 aliphatic rings. The first-order valence-corrected chi connectivity index (χ1v) is 4.86. The lowest BCUT2D eigenvalue weighted by Gasteiger charge is -2.03. The van der Waals surface area contributed by atoms with Gasteiger partial charge in [-0.25, -0.2) is 13.2 Å². The molecule has 0 aliphatic heterocycles. The number of rotatable bonds is 3. The molecule has 0 atom stereocenters. The summed E-state index contributed by atoms with van der Waals surface area (Å²) in [5.74, 6) is -3.03. The van der Waals surface area contributed by atoms with Gasteiger partial charge in [-0.2, -0.15) is 0 Å². The predicted molar refractivity (Wildman–Crippen MR) is 53.0 cm³/mol. The van der Waals surface area contributed by atoms with E-state index >= 15 is 0 Å². The summed E-state index contributed by atoms with van der Waals surface area (Å²) in [6.07, 6.45) is 0. The average molecular weight is 220 g/mol. The molecule has 0 spiro atoms. The van der Waals surface area contributed by atoms with E-state index in [9.17, 15) is 13.2 Å². The third-order valence-corrected chi connectivity index (χ3v) is 1.55. The van der Waals surface area contributed by atoms with Crippen LogP contribution in [0.25, 0.3) is 0 Å². The Balaban J connectivity index is 0.000000921. The molecule has 0 saturated carbocycles. The zero-order valence-corrected chi connectivity index (χ0v) is 9.11. The first kappa shape index (κ1) is 14.0. The van der Waals surface area contributed by atoms with E-state index in [1.54, 1.807) is 6.92 Å². The highest BCUT2D eigenvalue weighted by molar-refractivity contribution is 5.19. The van der Waals surface area contributed by atoms with Crippen LogP contribution in [0.2, 0.25) is 0 Å². The van der Waals surface area contributed by atoms with Gasteiger partial charge in [-0.05, 0) is 13.0 Å². The van der Waals surface area contributed by atoms with Gasteiger partial charge in [-0.3, -0.25) is 0 Å². The van der Waals surface area contributed by atoms with Crippen LogP contribution in [0.5, 0.6) is 0 Å². The second kappa shape index (κ2) is 7.29. The number of hydrogen-bond acceptors (Lipinski definition) is 1. The molecule has 1 rings (SSSR count). The zero-order chi connectivity index (χ0) is 11.8. The molecule has 4 heteroatoms. The van der Waals surface area contributed by atoms with E-state index < -0.39 is 17.5 Å². The number of ether oxygens (including phenoxy) is 1. The average Bonchev–Trinajstić information content (AvgIpc) is 2.24. The maximum Gasteiger partial charge on any atom is 0.161 e. The van der Waals surface area contributed by atoms with Gasteiger partial charge in [0.25, 0.3) is 0 Å². The van der Waals surface area contributed by atoms with E-state index in [0.717, 1.165) is 6.07 Å². The van der Waals surface area contributed by atoms with Crippen LogP contribution in [0.1, 0.15) is 26.3 Å². The quantitative estimate of drug-likeness (QED) is 0.706. The molecule has 15 heavy (non-hydrogen) atoms. The van der Waals surface area contributed by atoms with Crippen LogP contribution in [-0.4, -0.2) is 6.61 Å². The number of benzene rings is 1. The third kappa shape index (κ3) is 4.34. The van der Waals surface area contributed by atoms with Crippen molar-refractivity contribution in [3.05, 3.63) is 35.1 Å². The van der Waals surface area contributed by atoms with Crippen LogP contribution in [0.15, 0.2) is 12.1 Å². The van der Waals surface area contributed by atoms with Gasteiger partial charge in [0.05, 0.1) is 6.61 Å². The number of hydrogen-bond donors (Lipinski definition) is 0. The Morgan fingerprint density at radius 2 is 1.53 bits per heavy atom. The van der Waals surface area contributed by atoms with Crippen molar-refractivity contribution in [1.29, 1.82) is 0 Å². The van der Waals surface area contributed by atoms with Crippen molar-refractivity contribution in [3.8, 4) is 0 Å². The van der Waals surface area contributed by atoms with Crippen LogP contribution in [0.4, 0.5) is 13.2 Å². The molecule has 0 amide bonds. The fraction of sp³-hybridized carbons (Fsp3) is 0.455. The van der Waals surface area contributed by atoms with Crippen LogP contribution >= 0.6 is 0 Å². The Morgan fingerprint density at radius 1 is 1.00 bits per heavy atom. The van der Waals surface area contributed by atoms with E-state index in [0.29, 0.717) is 12.7 Å². The molecule has 0 heterocycles. The molecule has 0 bridgehead atoms. The Labute approximate surface area is 87.9 Å². The van der Waals surface area contributed by atoms with Gasteiger partial charge >= 0.3 is 0 Å². The molecule has 0 N–H and O–H groups in total. The first-order chi connectivity index (χ1) is 7.15. The first-order valence-electron chi connectivity index (χ1n) is 4.86. The normalized spacial score (nSPS) is 9.47. The Kier molecular flexibility index (Phi) is 6.79. The van der Waals surface area contributed by atoms with Gasteiger partial charge < -0.3 is 4.74 Å². The SMILES string of the molecule is CC.CCOCc1cc(F)c(F)cc1F. The Hall–Kier alpha value is -1.03. The van der Waals surface area contributed by atoms with Crippen molar-refractivity contribution in [2.75, 3.05) is 6.61 Å². The summed E-state index contributed by atoms with van der Waals surface area (Å²) in [5.41, 5.74) is 0.0285. The van der Waals surface area contributed by atoms with Crippen LogP contribution in [0, 0.1) is 17.5 Å². The van der Waals surface area contributed by atoms with Crippen LogP contribution in [0.3, 0.4) is 0 Å². The predicted octanol–water partition coefficient (Wildman–Crippen LogP) is 3.67. The lowest BCUT2D eigenvalue weighted by molar-refractivity contribution is 0.131. The molecule has 0 radical (unpaired) electrons. The fourth-order valence-corrected chi connectivity index (χ4v) is 0.886. The van der Waals surface area contributed by atoms with Crippen molar-refractivity contribution in [2.24, 2.45) is 0 Å². The lowest BCUT2D eigenvalue weighted by atomic mass is 10.2. The Bertz CT molecular complexity index is 300. The molecular weight excluding hydrogens is 205 g/mol. The van der Waals surface area contributed by atoms with E-state index in [1.165, 1.54) is 0 Å². The van der Waals surface area contributed by atoms with Gasteiger partial charge in [0.15, 0.2) is 11.6 Å². The summed E-state index contributed by atoms with van der Waals surface area (Å²) in [6.45, 7) is 6.09. The molecule has 86 valence electrons. The second-order valence-corrected chi connectivity index (χ2v) is 2.49. The van der Waals surface area contributed by atoms with Crippen molar-refractivity contribution in [3.63, 3.8) is 0 Å². The molecule has 1 aromatic carbocycles. The highest BCUT2D eigenvalue weighted by Crippen LogP contribution is 2.14. The molecule has 1 aromatic rings. The van der Waals surface area contributed by atoms with Crippen molar-refractivity contribution in [2.45, 2.75) is 27.4 Å². The summed E-state index contributed by atoms with van der Waals surface area (Å²) in [4.78, 5) is 0. The van der Waals surface area contributed by atoms with E-state index in [-0.39, 0.29) is 12.2 Å². The number of halogens is 3. The third-order valence-electron chi connectivity index (χ3n) is 1.55. The highest BCUT2D eigenvalue weighted by atomic mass is 19.2. The van der Waals surface area contributed by atoms with Crippen LogP contribution < -0.4 is 0 Å². The molecule has 0 fully saturated rings. The maximum absolute atomic E-state index is 12.9. The monoisotopic (exact) mass is 220 g/mol. The van der Waals surface area contributed by atoms with Gasteiger partial charge in [0.1, 0.15) is 5.82 Å². The van der Waals surface area contributed by atoms with Crippen molar-refractivity contribution < 1.29 is 17.9 Å². The largest absolute Gasteiger partial charge is 0.377 e. The standard InChI is InChI=1S/C9H9F3O.C2H6/c1-2-13-5-6-3-8(11)9(12)4-7(6)10;1-2/h3-4H,2,5H2,1H3;1-2H3. The van der Waals surface area contributed by atoms with E-state index in [2.05, 4.69) is 0 Å². The van der Waals surface area contributed by atoms with Crippen molar-refractivity contribution >= 4 is 0 Å². The molecule has 1 nitrogen and oxygen atoms in total. The van der Waals surface area contributed by atoms with Gasteiger partial charge in [0.2, 0.25) is 0 Å². The fourth-order valence-electron chi connectivity index (χ4n) is 0.886.